The first-order chi connectivity index (χ1) is 12.8. The number of hydrogen-bond donors (Lipinski definition) is 1. The number of hydrogen-bond acceptors (Lipinski definition) is 5. The molecule has 1 atom stereocenters. The summed E-state index contributed by atoms with van der Waals surface area (Å²) in [6, 6.07) is 8.18. The maximum Gasteiger partial charge on any atom is 0.414 e. The van der Waals surface area contributed by atoms with Crippen molar-refractivity contribution in [2.45, 2.75) is 18.9 Å². The Morgan fingerprint density at radius 1 is 1.37 bits per heavy atom. The first kappa shape index (κ1) is 18.6. The van der Waals surface area contributed by atoms with E-state index in [0.717, 1.165) is 5.82 Å². The number of carbonyl (C=O) groups excluding carboxylic acids is 2. The van der Waals surface area contributed by atoms with Crippen molar-refractivity contribution in [3.8, 4) is 11.1 Å². The normalized spacial score (nSPS) is 16.3. The molecule has 2 N–H and O–H groups in total. The van der Waals surface area contributed by atoms with Crippen LogP contribution in [0.5, 0.6) is 0 Å². The van der Waals surface area contributed by atoms with Crippen LogP contribution in [0.2, 0.25) is 0 Å². The molecule has 2 amide bonds. The quantitative estimate of drug-likeness (QED) is 0.842. The van der Waals surface area contributed by atoms with Gasteiger partial charge in [-0.15, -0.1) is 0 Å². The molecule has 2 aromatic rings. The maximum atomic E-state index is 14.6. The molecule has 0 bridgehead atoms. The highest BCUT2D eigenvalue weighted by Gasteiger charge is 2.32. The molecule has 0 spiro atoms. The van der Waals surface area contributed by atoms with Crippen molar-refractivity contribution in [2.75, 3.05) is 30.4 Å². The largest absolute Gasteiger partial charge is 0.444 e. The Labute approximate surface area is 156 Å². The van der Waals surface area contributed by atoms with E-state index in [-0.39, 0.29) is 13.0 Å². The van der Waals surface area contributed by atoms with Gasteiger partial charge in [-0.1, -0.05) is 0 Å². The van der Waals surface area contributed by atoms with Gasteiger partial charge in [0.25, 0.3) is 0 Å². The summed E-state index contributed by atoms with van der Waals surface area (Å²) in [5, 5.41) is 0. The lowest BCUT2D eigenvalue weighted by Crippen LogP contribution is -2.25. The SMILES string of the molecule is CN(C)c1ccc(-c2ccc(N3CC(CCC(N)=O)OC3=O)cc2F)cn1. The average molecular weight is 372 g/mol. The number of nitrogens with two attached hydrogens (primary N) is 1. The summed E-state index contributed by atoms with van der Waals surface area (Å²) in [7, 11) is 3.76. The third-order valence-electron chi connectivity index (χ3n) is 4.37. The van der Waals surface area contributed by atoms with Crippen LogP contribution in [0.15, 0.2) is 36.5 Å². The lowest BCUT2D eigenvalue weighted by Gasteiger charge is -2.15. The number of aromatic nitrogens is 1. The Morgan fingerprint density at radius 3 is 2.74 bits per heavy atom. The zero-order valence-electron chi connectivity index (χ0n) is 15.2. The monoisotopic (exact) mass is 372 g/mol. The molecule has 1 aromatic carbocycles. The number of ether oxygens (including phenoxy) is 1. The van der Waals surface area contributed by atoms with Crippen LogP contribution in [-0.2, 0) is 9.53 Å². The molecule has 0 saturated carbocycles. The molecule has 142 valence electrons. The van der Waals surface area contributed by atoms with Crippen molar-refractivity contribution < 1.29 is 18.7 Å². The Kier molecular flexibility index (Phi) is 5.25. The number of benzene rings is 1. The first-order valence-electron chi connectivity index (χ1n) is 8.55. The molecule has 3 rings (SSSR count). The van der Waals surface area contributed by atoms with Crippen molar-refractivity contribution in [1.29, 1.82) is 0 Å². The van der Waals surface area contributed by atoms with Crippen LogP contribution in [0.25, 0.3) is 11.1 Å². The minimum absolute atomic E-state index is 0.134. The number of primary amides is 1. The van der Waals surface area contributed by atoms with Crippen molar-refractivity contribution >= 4 is 23.5 Å². The van der Waals surface area contributed by atoms with Crippen LogP contribution in [0.3, 0.4) is 0 Å². The van der Waals surface area contributed by atoms with Crippen LogP contribution in [0.4, 0.5) is 20.7 Å². The zero-order chi connectivity index (χ0) is 19.6. The molecule has 1 unspecified atom stereocenters. The zero-order valence-corrected chi connectivity index (χ0v) is 15.2. The molecular formula is C19H21FN4O3. The van der Waals surface area contributed by atoms with Gasteiger partial charge in [0.2, 0.25) is 5.91 Å². The fraction of sp³-hybridized carbons (Fsp3) is 0.316. The minimum Gasteiger partial charge on any atom is -0.444 e. The highest BCUT2D eigenvalue weighted by atomic mass is 19.1. The lowest BCUT2D eigenvalue weighted by molar-refractivity contribution is -0.118. The van der Waals surface area contributed by atoms with Gasteiger partial charge in [-0.2, -0.15) is 0 Å². The van der Waals surface area contributed by atoms with Crippen LogP contribution in [-0.4, -0.2) is 43.7 Å². The fourth-order valence-electron chi connectivity index (χ4n) is 2.90. The van der Waals surface area contributed by atoms with Gasteiger partial charge in [-0.3, -0.25) is 9.69 Å². The molecule has 1 fully saturated rings. The van der Waals surface area contributed by atoms with E-state index in [1.54, 1.807) is 24.4 Å². The van der Waals surface area contributed by atoms with E-state index in [4.69, 9.17) is 10.5 Å². The highest BCUT2D eigenvalue weighted by molar-refractivity contribution is 5.90. The van der Waals surface area contributed by atoms with Gasteiger partial charge < -0.3 is 15.4 Å². The number of pyridine rings is 1. The Bertz CT molecular complexity index is 855. The number of nitrogens with zero attached hydrogens (tertiary/aromatic N) is 3. The van der Waals surface area contributed by atoms with E-state index in [9.17, 15) is 14.0 Å². The number of cyclic esters (lactones) is 1. The van der Waals surface area contributed by atoms with E-state index in [2.05, 4.69) is 4.98 Å². The molecule has 1 aliphatic heterocycles. The van der Waals surface area contributed by atoms with Crippen LogP contribution in [0.1, 0.15) is 12.8 Å². The van der Waals surface area contributed by atoms with E-state index in [1.165, 1.54) is 11.0 Å². The first-order valence-corrected chi connectivity index (χ1v) is 8.55. The number of halogens is 1. The molecule has 1 aliphatic rings. The van der Waals surface area contributed by atoms with Crippen LogP contribution < -0.4 is 15.5 Å². The van der Waals surface area contributed by atoms with Gasteiger partial charge in [0, 0.05) is 37.8 Å². The topological polar surface area (TPSA) is 88.8 Å². The van der Waals surface area contributed by atoms with Gasteiger partial charge in [0.05, 0.1) is 12.2 Å². The lowest BCUT2D eigenvalue weighted by atomic mass is 10.1. The van der Waals surface area contributed by atoms with E-state index >= 15 is 0 Å². The second-order valence-corrected chi connectivity index (χ2v) is 6.59. The number of carbonyl (C=O) groups is 2. The molecule has 8 heteroatoms. The average Bonchev–Trinajstić information content (AvgIpc) is 3.01. The third kappa shape index (κ3) is 4.16. The second kappa shape index (κ2) is 7.61. The van der Waals surface area contributed by atoms with E-state index in [0.29, 0.717) is 23.2 Å². The van der Waals surface area contributed by atoms with Gasteiger partial charge in [-0.25, -0.2) is 14.2 Å². The Hall–Kier alpha value is -3.16. The summed E-state index contributed by atoms with van der Waals surface area (Å²) in [5.74, 6) is -0.133. The van der Waals surface area contributed by atoms with Crippen molar-refractivity contribution in [3.63, 3.8) is 0 Å². The molecule has 0 aliphatic carbocycles. The molecule has 2 heterocycles. The van der Waals surface area contributed by atoms with E-state index < -0.39 is 23.9 Å². The van der Waals surface area contributed by atoms with Gasteiger partial charge in [0.15, 0.2) is 0 Å². The number of rotatable bonds is 6. The van der Waals surface area contributed by atoms with Gasteiger partial charge in [-0.05, 0) is 36.8 Å². The van der Waals surface area contributed by atoms with Crippen molar-refractivity contribution in [3.05, 3.63) is 42.3 Å². The number of anilines is 2. The van der Waals surface area contributed by atoms with E-state index in [1.807, 2.05) is 25.1 Å². The molecule has 27 heavy (non-hydrogen) atoms. The molecule has 7 nitrogen and oxygen atoms in total. The summed E-state index contributed by atoms with van der Waals surface area (Å²) in [4.78, 5) is 30.4. The maximum absolute atomic E-state index is 14.6. The Balaban J connectivity index is 1.76. The smallest absolute Gasteiger partial charge is 0.414 e. The summed E-state index contributed by atoms with van der Waals surface area (Å²) in [5.41, 5.74) is 6.57. The Morgan fingerprint density at radius 2 is 2.15 bits per heavy atom. The molecular weight excluding hydrogens is 351 g/mol. The van der Waals surface area contributed by atoms with Crippen LogP contribution in [0, 0.1) is 5.82 Å². The predicted octanol–water partition coefficient (Wildman–Crippen LogP) is 2.54. The molecule has 0 radical (unpaired) electrons. The van der Waals surface area contributed by atoms with Crippen molar-refractivity contribution in [2.24, 2.45) is 5.73 Å². The third-order valence-corrected chi connectivity index (χ3v) is 4.37. The summed E-state index contributed by atoms with van der Waals surface area (Å²) >= 11 is 0. The van der Waals surface area contributed by atoms with Gasteiger partial charge >= 0.3 is 6.09 Å². The molecule has 1 aromatic heterocycles. The molecule has 1 saturated heterocycles. The summed E-state index contributed by atoms with van der Waals surface area (Å²) in [6.45, 7) is 0.254. The standard InChI is InChI=1S/C19H21FN4O3/c1-23(2)18-8-3-12(10-22-18)15-6-4-13(9-16(15)20)24-11-14(27-19(24)26)5-7-17(21)25/h3-4,6,8-10,14H,5,7,11H2,1-2H3,(H2,21,25). The fourth-order valence-corrected chi connectivity index (χ4v) is 2.90. The van der Waals surface area contributed by atoms with Gasteiger partial charge in [0.1, 0.15) is 17.7 Å². The minimum atomic E-state index is -0.561. The van der Waals surface area contributed by atoms with Crippen molar-refractivity contribution in [1.82, 2.24) is 4.98 Å². The predicted molar refractivity (Wildman–Crippen MR) is 100 cm³/mol. The van der Waals surface area contributed by atoms with Crippen LogP contribution >= 0.6 is 0 Å². The number of amides is 2. The summed E-state index contributed by atoms with van der Waals surface area (Å²) in [6.07, 6.45) is 1.10. The highest BCUT2D eigenvalue weighted by Crippen LogP contribution is 2.30. The summed E-state index contributed by atoms with van der Waals surface area (Å²) < 4.78 is 19.9. The second-order valence-electron chi connectivity index (χ2n) is 6.59.